The van der Waals surface area contributed by atoms with Crippen LogP contribution in [0.25, 0.3) is 0 Å². The summed E-state index contributed by atoms with van der Waals surface area (Å²) in [5.41, 5.74) is 0.601. The van der Waals surface area contributed by atoms with Crippen molar-refractivity contribution in [1.29, 1.82) is 0 Å². The third kappa shape index (κ3) is 5.72. The third-order valence-electron chi connectivity index (χ3n) is 2.90. The van der Waals surface area contributed by atoms with E-state index in [1.165, 1.54) is 11.3 Å². The third-order valence-corrected chi connectivity index (χ3v) is 4.29. The summed E-state index contributed by atoms with van der Waals surface area (Å²) in [6.45, 7) is 2.40. The Morgan fingerprint density at radius 1 is 1.30 bits per heavy atom. The first kappa shape index (κ1) is 17.6. The van der Waals surface area contributed by atoms with Gasteiger partial charge >= 0.3 is 0 Å². The first-order valence-corrected chi connectivity index (χ1v) is 8.85. The molecule has 0 unspecified atom stereocenters. The van der Waals surface area contributed by atoms with Crippen molar-refractivity contribution in [3.8, 4) is 0 Å². The van der Waals surface area contributed by atoms with E-state index in [2.05, 4.69) is 36.8 Å². The Hall–Kier alpha value is -1.80. The van der Waals surface area contributed by atoms with Gasteiger partial charge in [-0.15, -0.1) is 10.2 Å². The van der Waals surface area contributed by atoms with Crippen LogP contribution in [0.5, 0.6) is 0 Å². The Bertz CT molecular complexity index is 690. The minimum absolute atomic E-state index is 0.0573. The largest absolute Gasteiger partial charge is 0.352 e. The fourth-order valence-corrected chi connectivity index (χ4v) is 2.98. The van der Waals surface area contributed by atoms with Crippen LogP contribution in [-0.4, -0.2) is 28.6 Å². The molecule has 0 bridgehead atoms. The molecular formula is C15H17BrN4O2S. The summed E-state index contributed by atoms with van der Waals surface area (Å²) in [5, 5.41) is 14.7. The predicted molar refractivity (Wildman–Crippen MR) is 93.6 cm³/mol. The van der Waals surface area contributed by atoms with Gasteiger partial charge in [-0.3, -0.25) is 9.59 Å². The van der Waals surface area contributed by atoms with Gasteiger partial charge in [0.2, 0.25) is 11.0 Å². The predicted octanol–water partition coefficient (Wildman–Crippen LogP) is 3.01. The van der Waals surface area contributed by atoms with Crippen molar-refractivity contribution in [3.63, 3.8) is 0 Å². The Morgan fingerprint density at radius 3 is 2.87 bits per heavy atom. The second-order valence-electron chi connectivity index (χ2n) is 4.82. The van der Waals surface area contributed by atoms with Crippen LogP contribution in [0.4, 0.5) is 5.13 Å². The Morgan fingerprint density at radius 2 is 2.13 bits per heavy atom. The summed E-state index contributed by atoms with van der Waals surface area (Å²) in [7, 11) is 0. The number of nitrogens with one attached hydrogen (secondary N) is 2. The van der Waals surface area contributed by atoms with Gasteiger partial charge in [-0.2, -0.15) is 0 Å². The number of halogens is 1. The highest BCUT2D eigenvalue weighted by atomic mass is 79.9. The number of carbonyl (C=O) groups excluding carboxylic acids is 2. The van der Waals surface area contributed by atoms with Gasteiger partial charge in [-0.1, -0.05) is 40.3 Å². The van der Waals surface area contributed by atoms with Gasteiger partial charge in [-0.05, 0) is 24.6 Å². The van der Waals surface area contributed by atoms with Gasteiger partial charge in [-0.25, -0.2) is 0 Å². The Labute approximate surface area is 146 Å². The van der Waals surface area contributed by atoms with E-state index in [1.54, 1.807) is 12.1 Å². The number of rotatable bonds is 7. The lowest BCUT2D eigenvalue weighted by molar-refractivity contribution is -0.116. The first-order chi connectivity index (χ1) is 11.1. The highest BCUT2D eigenvalue weighted by Crippen LogP contribution is 2.16. The van der Waals surface area contributed by atoms with Crippen LogP contribution in [0.15, 0.2) is 28.7 Å². The summed E-state index contributed by atoms with van der Waals surface area (Å²) in [6.07, 6.45) is 1.83. The molecule has 0 radical (unpaired) electrons. The number of nitrogens with zero attached hydrogens (tertiary/aromatic N) is 2. The van der Waals surface area contributed by atoms with E-state index in [0.29, 0.717) is 30.1 Å². The molecule has 0 aliphatic heterocycles. The molecule has 6 nitrogen and oxygen atoms in total. The molecule has 23 heavy (non-hydrogen) atoms. The molecule has 0 spiro atoms. The highest BCUT2D eigenvalue weighted by Gasteiger charge is 2.09. The molecule has 0 saturated heterocycles. The summed E-state index contributed by atoms with van der Waals surface area (Å²) in [5.74, 6) is -0.189. The highest BCUT2D eigenvalue weighted by molar-refractivity contribution is 9.10. The average Bonchev–Trinajstić information content (AvgIpc) is 2.94. The molecule has 122 valence electrons. The van der Waals surface area contributed by atoms with Crippen molar-refractivity contribution >= 4 is 44.2 Å². The van der Waals surface area contributed by atoms with E-state index < -0.39 is 0 Å². The maximum atomic E-state index is 12.0. The maximum absolute atomic E-state index is 12.0. The molecule has 1 aromatic carbocycles. The summed E-state index contributed by atoms with van der Waals surface area (Å²) < 4.78 is 0.863. The molecule has 0 atom stereocenters. The van der Waals surface area contributed by atoms with E-state index in [-0.39, 0.29) is 11.8 Å². The number of benzene rings is 1. The van der Waals surface area contributed by atoms with Crippen molar-refractivity contribution in [2.75, 3.05) is 11.9 Å². The van der Waals surface area contributed by atoms with Crippen LogP contribution < -0.4 is 10.6 Å². The second kappa shape index (κ2) is 8.73. The summed E-state index contributed by atoms with van der Waals surface area (Å²) in [6, 6.07) is 7.20. The van der Waals surface area contributed by atoms with E-state index in [9.17, 15) is 9.59 Å². The Balaban J connectivity index is 1.79. The van der Waals surface area contributed by atoms with Crippen LogP contribution in [0.1, 0.15) is 35.1 Å². The van der Waals surface area contributed by atoms with Gasteiger partial charge in [0, 0.05) is 29.4 Å². The molecule has 1 heterocycles. The second-order valence-corrected chi connectivity index (χ2v) is 6.79. The summed E-state index contributed by atoms with van der Waals surface area (Å²) >= 11 is 4.66. The Kier molecular flexibility index (Phi) is 6.66. The molecule has 2 rings (SSSR count). The van der Waals surface area contributed by atoms with Crippen LogP contribution in [-0.2, 0) is 11.2 Å². The molecule has 2 amide bonds. The lowest BCUT2D eigenvalue weighted by Crippen LogP contribution is -2.25. The first-order valence-electron chi connectivity index (χ1n) is 7.24. The van der Waals surface area contributed by atoms with Crippen molar-refractivity contribution in [2.45, 2.75) is 26.2 Å². The zero-order chi connectivity index (χ0) is 16.7. The van der Waals surface area contributed by atoms with Crippen molar-refractivity contribution in [2.24, 2.45) is 0 Å². The quantitative estimate of drug-likeness (QED) is 0.753. The van der Waals surface area contributed by atoms with Gasteiger partial charge in [0.25, 0.3) is 5.91 Å². The molecule has 0 aliphatic carbocycles. The molecule has 2 aromatic rings. The number of anilines is 1. The molecular weight excluding hydrogens is 380 g/mol. The topological polar surface area (TPSA) is 84.0 Å². The lowest BCUT2D eigenvalue weighted by atomic mass is 10.2. The minimum Gasteiger partial charge on any atom is -0.352 e. The van der Waals surface area contributed by atoms with Gasteiger partial charge in [0.05, 0.1) is 0 Å². The normalized spacial score (nSPS) is 10.3. The van der Waals surface area contributed by atoms with E-state index in [0.717, 1.165) is 15.9 Å². The average molecular weight is 397 g/mol. The van der Waals surface area contributed by atoms with Gasteiger partial charge < -0.3 is 10.6 Å². The van der Waals surface area contributed by atoms with E-state index in [4.69, 9.17) is 0 Å². The SMILES string of the molecule is CCCC(=O)Nc1nnc(CCNC(=O)c2cccc(Br)c2)s1. The molecule has 0 aliphatic rings. The molecule has 2 N–H and O–H groups in total. The lowest BCUT2D eigenvalue weighted by Gasteiger charge is -2.04. The number of carbonyl (C=O) groups is 2. The fourth-order valence-electron chi connectivity index (χ4n) is 1.83. The van der Waals surface area contributed by atoms with Crippen molar-refractivity contribution in [1.82, 2.24) is 15.5 Å². The summed E-state index contributed by atoms with van der Waals surface area (Å²) in [4.78, 5) is 23.5. The maximum Gasteiger partial charge on any atom is 0.251 e. The smallest absolute Gasteiger partial charge is 0.251 e. The zero-order valence-corrected chi connectivity index (χ0v) is 15.0. The van der Waals surface area contributed by atoms with E-state index >= 15 is 0 Å². The number of aromatic nitrogens is 2. The van der Waals surface area contributed by atoms with Crippen LogP contribution in [0.2, 0.25) is 0 Å². The van der Waals surface area contributed by atoms with Crippen LogP contribution >= 0.6 is 27.3 Å². The number of amides is 2. The van der Waals surface area contributed by atoms with Gasteiger partial charge in [0.1, 0.15) is 5.01 Å². The number of hydrogen-bond donors (Lipinski definition) is 2. The van der Waals surface area contributed by atoms with Crippen LogP contribution in [0, 0.1) is 0 Å². The number of hydrogen-bond acceptors (Lipinski definition) is 5. The monoisotopic (exact) mass is 396 g/mol. The molecule has 0 fully saturated rings. The van der Waals surface area contributed by atoms with E-state index in [1.807, 2.05) is 19.1 Å². The molecule has 0 saturated carbocycles. The fraction of sp³-hybridized carbons (Fsp3) is 0.333. The molecule has 1 aromatic heterocycles. The minimum atomic E-state index is -0.132. The standard InChI is InChI=1S/C15H17BrN4O2S/c1-2-4-12(21)18-15-20-19-13(23-15)7-8-17-14(22)10-5-3-6-11(16)9-10/h3,5-6,9H,2,4,7-8H2,1H3,(H,17,22)(H,18,20,21). The molecule has 8 heteroatoms. The van der Waals surface area contributed by atoms with Gasteiger partial charge in [0.15, 0.2) is 0 Å². The van der Waals surface area contributed by atoms with Crippen molar-refractivity contribution in [3.05, 3.63) is 39.3 Å². The van der Waals surface area contributed by atoms with Crippen LogP contribution in [0.3, 0.4) is 0 Å². The zero-order valence-electron chi connectivity index (χ0n) is 12.6. The van der Waals surface area contributed by atoms with Crippen molar-refractivity contribution < 1.29 is 9.59 Å².